The summed E-state index contributed by atoms with van der Waals surface area (Å²) in [5.41, 5.74) is 1.57. The minimum Gasteiger partial charge on any atom is -0.497 e. The number of hydrogen-bond acceptors (Lipinski definition) is 6. The Labute approximate surface area is 132 Å². The molecule has 0 aliphatic rings. The van der Waals surface area contributed by atoms with E-state index >= 15 is 0 Å². The van der Waals surface area contributed by atoms with Gasteiger partial charge >= 0.3 is 5.97 Å². The lowest BCUT2D eigenvalue weighted by atomic mass is 10.2. The summed E-state index contributed by atoms with van der Waals surface area (Å²) in [5, 5.41) is 4.40. The molecule has 0 N–H and O–H groups in total. The highest BCUT2D eigenvalue weighted by molar-refractivity contribution is 5.88. The number of methoxy groups -OCH3 is 3. The number of benzene rings is 1. The minimum absolute atomic E-state index is 0.304. The zero-order valence-electron chi connectivity index (χ0n) is 12.9. The molecular weight excluding hydrogens is 298 g/mol. The van der Waals surface area contributed by atoms with Gasteiger partial charge in [0.2, 0.25) is 0 Å². The Morgan fingerprint density at radius 1 is 1.04 bits per heavy atom. The molecule has 7 nitrogen and oxygen atoms in total. The zero-order chi connectivity index (χ0) is 16.4. The molecule has 2 heterocycles. The van der Waals surface area contributed by atoms with Gasteiger partial charge in [0.05, 0.1) is 21.3 Å². The first-order valence-electron chi connectivity index (χ1n) is 6.84. The first kappa shape index (κ1) is 14.8. The van der Waals surface area contributed by atoms with Crippen LogP contribution in [0.4, 0.5) is 0 Å². The number of carbonyl (C=O) groups is 1. The minimum atomic E-state index is -0.477. The van der Waals surface area contributed by atoms with Gasteiger partial charge in [0.15, 0.2) is 17.2 Å². The monoisotopic (exact) mass is 313 g/mol. The van der Waals surface area contributed by atoms with Gasteiger partial charge in [-0.2, -0.15) is 0 Å². The molecule has 23 heavy (non-hydrogen) atoms. The Morgan fingerprint density at radius 2 is 1.74 bits per heavy atom. The summed E-state index contributed by atoms with van der Waals surface area (Å²) in [6, 6.07) is 10.5. The van der Waals surface area contributed by atoms with Crippen LogP contribution in [-0.4, -0.2) is 41.9 Å². The fourth-order valence-electron chi connectivity index (χ4n) is 2.22. The second-order valence-electron chi connectivity index (χ2n) is 4.71. The van der Waals surface area contributed by atoms with E-state index in [-0.39, 0.29) is 0 Å². The molecule has 7 heteroatoms. The van der Waals surface area contributed by atoms with E-state index < -0.39 is 5.97 Å². The summed E-state index contributed by atoms with van der Waals surface area (Å²) >= 11 is 0. The standard InChI is InChI=1S/C16H15N3O4/c1-21-11-7-10(8-12(9-11)22-2)15-17-14-6-4-5-13(16(20)23-3)19(14)18-15/h4-9H,1-3H3. The van der Waals surface area contributed by atoms with Gasteiger partial charge in [-0.15, -0.1) is 5.10 Å². The largest absolute Gasteiger partial charge is 0.497 e. The van der Waals surface area contributed by atoms with Crippen LogP contribution in [0.1, 0.15) is 10.5 Å². The van der Waals surface area contributed by atoms with Gasteiger partial charge in [0.25, 0.3) is 0 Å². The fourth-order valence-corrected chi connectivity index (χ4v) is 2.22. The molecule has 3 aromatic rings. The number of rotatable bonds is 4. The number of ether oxygens (including phenoxy) is 3. The Balaban J connectivity index is 2.16. The number of pyridine rings is 1. The maximum absolute atomic E-state index is 11.8. The van der Waals surface area contributed by atoms with E-state index in [4.69, 9.17) is 14.2 Å². The molecule has 0 saturated carbocycles. The van der Waals surface area contributed by atoms with Crippen molar-refractivity contribution in [2.45, 2.75) is 0 Å². The van der Waals surface area contributed by atoms with Crippen molar-refractivity contribution in [2.24, 2.45) is 0 Å². The SMILES string of the molecule is COC(=O)c1cccc2nc(-c3cc(OC)cc(OC)c3)nn12. The quantitative estimate of drug-likeness (QED) is 0.687. The Morgan fingerprint density at radius 3 is 2.35 bits per heavy atom. The normalized spacial score (nSPS) is 10.6. The molecule has 0 amide bonds. The first-order valence-corrected chi connectivity index (χ1v) is 6.84. The summed E-state index contributed by atoms with van der Waals surface area (Å²) in [5.74, 6) is 1.24. The lowest BCUT2D eigenvalue weighted by Crippen LogP contribution is -2.08. The van der Waals surface area contributed by atoms with E-state index in [1.54, 1.807) is 50.6 Å². The number of fused-ring (bicyclic) bond motifs is 1. The summed E-state index contributed by atoms with van der Waals surface area (Å²) in [6.07, 6.45) is 0. The molecular formula is C16H15N3O4. The van der Waals surface area contributed by atoms with Crippen LogP contribution in [-0.2, 0) is 4.74 Å². The van der Waals surface area contributed by atoms with Gasteiger partial charge in [0, 0.05) is 11.6 Å². The van der Waals surface area contributed by atoms with Gasteiger partial charge in [-0.3, -0.25) is 0 Å². The van der Waals surface area contributed by atoms with Gasteiger partial charge < -0.3 is 14.2 Å². The number of carbonyl (C=O) groups excluding carboxylic acids is 1. The third kappa shape index (κ3) is 2.68. The first-order chi connectivity index (χ1) is 11.2. The maximum Gasteiger partial charge on any atom is 0.356 e. The van der Waals surface area contributed by atoms with Crippen LogP contribution >= 0.6 is 0 Å². The van der Waals surface area contributed by atoms with E-state index in [1.165, 1.54) is 11.6 Å². The average molecular weight is 313 g/mol. The molecule has 0 aliphatic carbocycles. The van der Waals surface area contributed by atoms with Crippen LogP contribution in [0.2, 0.25) is 0 Å². The summed E-state index contributed by atoms with van der Waals surface area (Å²) < 4.78 is 16.7. The molecule has 0 aliphatic heterocycles. The molecule has 0 saturated heterocycles. The van der Waals surface area contributed by atoms with Crippen LogP contribution in [0.25, 0.3) is 17.0 Å². The average Bonchev–Trinajstić information content (AvgIpc) is 3.04. The molecule has 118 valence electrons. The molecule has 0 fully saturated rings. The Hall–Kier alpha value is -3.09. The lowest BCUT2D eigenvalue weighted by molar-refractivity contribution is 0.0591. The highest BCUT2D eigenvalue weighted by atomic mass is 16.5. The predicted octanol–water partition coefficient (Wildman–Crippen LogP) is 2.20. The third-order valence-electron chi connectivity index (χ3n) is 3.36. The molecule has 3 rings (SSSR count). The van der Waals surface area contributed by atoms with Crippen molar-refractivity contribution in [3.05, 3.63) is 42.1 Å². The number of esters is 1. The van der Waals surface area contributed by atoms with E-state index in [2.05, 4.69) is 10.1 Å². The number of aromatic nitrogens is 3. The number of nitrogens with zero attached hydrogens (tertiary/aromatic N) is 3. The number of hydrogen-bond donors (Lipinski definition) is 0. The van der Waals surface area contributed by atoms with Gasteiger partial charge in [0.1, 0.15) is 11.5 Å². The van der Waals surface area contributed by atoms with Crippen molar-refractivity contribution < 1.29 is 19.0 Å². The predicted molar refractivity (Wildman–Crippen MR) is 82.9 cm³/mol. The molecule has 0 radical (unpaired) electrons. The summed E-state index contributed by atoms with van der Waals surface area (Å²) in [7, 11) is 4.47. The van der Waals surface area contributed by atoms with Crippen LogP contribution in [0.3, 0.4) is 0 Å². The molecule has 1 aromatic carbocycles. The highest BCUT2D eigenvalue weighted by Gasteiger charge is 2.15. The smallest absolute Gasteiger partial charge is 0.356 e. The Kier molecular flexibility index (Phi) is 3.84. The molecule has 0 atom stereocenters. The van der Waals surface area contributed by atoms with Gasteiger partial charge in [-0.05, 0) is 24.3 Å². The maximum atomic E-state index is 11.8. The van der Waals surface area contributed by atoms with Gasteiger partial charge in [-0.1, -0.05) is 6.07 Å². The van der Waals surface area contributed by atoms with Gasteiger partial charge in [-0.25, -0.2) is 14.3 Å². The molecule has 0 bridgehead atoms. The van der Waals surface area contributed by atoms with Crippen molar-refractivity contribution in [1.29, 1.82) is 0 Å². The lowest BCUT2D eigenvalue weighted by Gasteiger charge is -2.06. The van der Waals surface area contributed by atoms with Crippen LogP contribution in [0.5, 0.6) is 11.5 Å². The van der Waals surface area contributed by atoms with Crippen LogP contribution < -0.4 is 9.47 Å². The van der Waals surface area contributed by atoms with E-state index in [9.17, 15) is 4.79 Å². The van der Waals surface area contributed by atoms with Crippen LogP contribution in [0, 0.1) is 0 Å². The molecule has 0 spiro atoms. The van der Waals surface area contributed by atoms with E-state index in [0.29, 0.717) is 28.7 Å². The van der Waals surface area contributed by atoms with Crippen molar-refractivity contribution in [3.8, 4) is 22.9 Å². The third-order valence-corrected chi connectivity index (χ3v) is 3.36. The topological polar surface area (TPSA) is 75.0 Å². The Bertz CT molecular complexity index is 851. The van der Waals surface area contributed by atoms with Crippen LogP contribution in [0.15, 0.2) is 36.4 Å². The van der Waals surface area contributed by atoms with Crippen molar-refractivity contribution in [3.63, 3.8) is 0 Å². The van der Waals surface area contributed by atoms with Crippen molar-refractivity contribution >= 4 is 11.6 Å². The summed E-state index contributed by atoms with van der Waals surface area (Å²) in [6.45, 7) is 0. The molecule has 0 unspecified atom stereocenters. The second kappa shape index (κ2) is 5.96. The second-order valence-corrected chi connectivity index (χ2v) is 4.71. The highest BCUT2D eigenvalue weighted by Crippen LogP contribution is 2.28. The zero-order valence-corrected chi connectivity index (χ0v) is 12.9. The molecule has 2 aromatic heterocycles. The van der Waals surface area contributed by atoms with E-state index in [0.717, 1.165) is 5.56 Å². The summed E-state index contributed by atoms with van der Waals surface area (Å²) in [4.78, 5) is 16.3. The van der Waals surface area contributed by atoms with Crippen molar-refractivity contribution in [2.75, 3.05) is 21.3 Å². The van der Waals surface area contributed by atoms with E-state index in [1.807, 2.05) is 0 Å². The van der Waals surface area contributed by atoms with Crippen molar-refractivity contribution in [1.82, 2.24) is 14.6 Å². The fraction of sp³-hybridized carbons (Fsp3) is 0.188.